The zero-order chi connectivity index (χ0) is 52.1. The van der Waals surface area contributed by atoms with Gasteiger partial charge in [0.15, 0.2) is 12.1 Å². The molecule has 380 valence electrons. The molecule has 4 heterocycles. The third-order valence-electron chi connectivity index (χ3n) is 11.2. The first-order valence-electron chi connectivity index (χ1n) is 21.0. The number of hydrogen-bond acceptors (Lipinski definition) is 10. The van der Waals surface area contributed by atoms with E-state index in [1.54, 1.807) is 0 Å². The van der Waals surface area contributed by atoms with Crippen LogP contribution < -0.4 is 10.6 Å². The van der Waals surface area contributed by atoms with Crippen LogP contribution in [0, 0.1) is 0 Å². The number of halogens is 10. The van der Waals surface area contributed by atoms with Gasteiger partial charge >= 0.3 is 36.4 Å². The van der Waals surface area contributed by atoms with E-state index in [1.165, 1.54) is 85.3 Å². The van der Waals surface area contributed by atoms with Gasteiger partial charge in [0.25, 0.3) is 0 Å². The molecule has 2 aromatic carbocycles. The summed E-state index contributed by atoms with van der Waals surface area (Å²) in [4.78, 5) is 67.3. The lowest BCUT2D eigenvalue weighted by Crippen LogP contribution is -2.50. The summed E-state index contributed by atoms with van der Waals surface area (Å²) in [5.74, 6) is -2.51. The van der Waals surface area contributed by atoms with Crippen molar-refractivity contribution in [3.8, 4) is 22.5 Å². The van der Waals surface area contributed by atoms with E-state index in [9.17, 15) is 45.5 Å². The molecule has 2 aliphatic rings. The topological polar surface area (TPSA) is 197 Å². The Balaban J connectivity index is 0.000000264. The van der Waals surface area contributed by atoms with E-state index in [1.807, 2.05) is 14.1 Å². The van der Waals surface area contributed by atoms with Crippen LogP contribution in [0.4, 0.5) is 35.9 Å². The number of carboxylic acid groups (broad SMARTS) is 2. The average Bonchev–Trinajstić information content (AvgIpc) is 3.31. The van der Waals surface area contributed by atoms with Crippen molar-refractivity contribution in [3.05, 3.63) is 105 Å². The smallest absolute Gasteiger partial charge is 0.412 e. The number of benzene rings is 2. The molecule has 2 saturated heterocycles. The lowest BCUT2D eigenvalue weighted by molar-refractivity contribution is -0.156. The molecule has 0 radical (unpaired) electrons. The summed E-state index contributed by atoms with van der Waals surface area (Å²) in [6, 6.07) is -1.35. The summed E-state index contributed by atoms with van der Waals surface area (Å²) in [5.41, 5.74) is 0.762. The summed E-state index contributed by atoms with van der Waals surface area (Å²) < 4.78 is 83.4. The molecule has 16 nitrogen and oxygen atoms in total. The number of carbonyl (C=O) groups excluding carboxylic acids is 2. The molecule has 2 atom stereocenters. The van der Waals surface area contributed by atoms with Gasteiger partial charge in [-0.2, -0.15) is 26.3 Å². The molecule has 6 rings (SSSR count). The summed E-state index contributed by atoms with van der Waals surface area (Å²) in [5, 5.41) is 19.0. The summed E-state index contributed by atoms with van der Waals surface area (Å²) in [6.07, 6.45) is 2.98. The fourth-order valence-electron chi connectivity index (χ4n) is 7.21. The summed E-state index contributed by atoms with van der Waals surface area (Å²) >= 11 is 25.0. The van der Waals surface area contributed by atoms with E-state index in [-0.39, 0.29) is 43.3 Å². The number of alkyl halides is 6. The number of hydrogen-bond donors (Lipinski definition) is 4. The van der Waals surface area contributed by atoms with Gasteiger partial charge in [0.1, 0.15) is 0 Å². The molecule has 0 aliphatic carbocycles. The Labute approximate surface area is 418 Å². The maximum Gasteiger partial charge on any atom is 0.412 e. The first kappa shape index (κ1) is 57.1. The average molecular weight is 1070 g/mol. The van der Waals surface area contributed by atoms with E-state index in [0.29, 0.717) is 60.4 Å². The third-order valence-corrected chi connectivity index (χ3v) is 13.0. The maximum absolute atomic E-state index is 13.9. The fraction of sp³-hybridized carbons (Fsp3) is 0.409. The van der Waals surface area contributed by atoms with Crippen LogP contribution >= 0.6 is 46.4 Å². The lowest BCUT2D eigenvalue weighted by atomic mass is 10.0. The minimum absolute atomic E-state index is 0.0909. The number of nitrogens with zero attached hydrogens (tertiary/aromatic N) is 8. The molecule has 0 unspecified atom stereocenters. The number of carboxylic acids is 2. The van der Waals surface area contributed by atoms with Gasteiger partial charge in [0.2, 0.25) is 0 Å². The van der Waals surface area contributed by atoms with Gasteiger partial charge in [-0.3, -0.25) is 19.9 Å². The number of aromatic nitrogens is 4. The third kappa shape index (κ3) is 16.0. The number of urea groups is 2. The minimum atomic E-state index is -4.77. The van der Waals surface area contributed by atoms with E-state index >= 15 is 0 Å². The number of likely N-dealkylation sites (tertiary alicyclic amines) is 2. The largest absolute Gasteiger partial charge is 0.478 e. The monoisotopic (exact) mass is 1070 g/mol. The number of amides is 4. The number of carbonyl (C=O) groups is 4. The Morgan fingerprint density at radius 3 is 1.21 bits per heavy atom. The molecule has 0 bridgehead atoms. The van der Waals surface area contributed by atoms with Gasteiger partial charge in [0, 0.05) is 85.4 Å². The van der Waals surface area contributed by atoms with Gasteiger partial charge in [0.05, 0.1) is 43.9 Å². The van der Waals surface area contributed by atoms with Gasteiger partial charge in [-0.05, 0) is 66.0 Å². The van der Waals surface area contributed by atoms with Crippen molar-refractivity contribution in [2.24, 2.45) is 0 Å². The van der Waals surface area contributed by atoms with Crippen LogP contribution in [0.2, 0.25) is 20.1 Å². The lowest BCUT2D eigenvalue weighted by Gasteiger charge is -2.36. The SMILES string of the molecule is CN1CCC(N(C)C(=O)N[C@H](c2ccc(-c3cnccn3)c(Cl)c2Cl)C(F)(F)F)CC1.CN1CCC(N(C)C(=O)N[C@H](c2ccc(-c3cnccn3)c(Cl)c2Cl)C(F)(F)F)CC1.O=C(O)/C=C/C(=O)O. The van der Waals surface area contributed by atoms with Crippen LogP contribution in [0.15, 0.2) is 73.6 Å². The zero-order valence-electron chi connectivity index (χ0n) is 37.8. The van der Waals surface area contributed by atoms with Gasteiger partial charge in [-0.25, -0.2) is 19.2 Å². The summed E-state index contributed by atoms with van der Waals surface area (Å²) in [6.45, 7) is 3.10. The van der Waals surface area contributed by atoms with Crippen LogP contribution in [0.25, 0.3) is 22.5 Å². The highest BCUT2D eigenvalue weighted by atomic mass is 35.5. The second-order valence-corrected chi connectivity index (χ2v) is 17.5. The van der Waals surface area contributed by atoms with Crippen molar-refractivity contribution in [3.63, 3.8) is 0 Å². The summed E-state index contributed by atoms with van der Waals surface area (Å²) in [7, 11) is 6.94. The second kappa shape index (κ2) is 25.6. The minimum Gasteiger partial charge on any atom is -0.478 e. The van der Waals surface area contributed by atoms with Crippen LogP contribution in [-0.4, -0.2) is 153 Å². The normalized spacial score (nSPS) is 15.9. The van der Waals surface area contributed by atoms with E-state index in [0.717, 1.165) is 26.2 Å². The van der Waals surface area contributed by atoms with Gasteiger partial charge in [-0.1, -0.05) is 70.7 Å². The molecule has 0 saturated carbocycles. The first-order chi connectivity index (χ1) is 32.8. The molecular weight excluding hydrogens is 1020 g/mol. The van der Waals surface area contributed by atoms with Gasteiger partial charge < -0.3 is 40.4 Å². The van der Waals surface area contributed by atoms with Crippen molar-refractivity contribution < 1.29 is 55.7 Å². The molecule has 4 amide bonds. The molecule has 4 aromatic rings. The number of aliphatic carboxylic acids is 2. The van der Waals surface area contributed by atoms with Crippen LogP contribution in [0.5, 0.6) is 0 Å². The van der Waals surface area contributed by atoms with Crippen LogP contribution in [0.3, 0.4) is 0 Å². The molecule has 4 N–H and O–H groups in total. The van der Waals surface area contributed by atoms with Crippen LogP contribution in [-0.2, 0) is 9.59 Å². The zero-order valence-corrected chi connectivity index (χ0v) is 40.8. The Kier molecular flexibility index (Phi) is 20.8. The molecule has 0 spiro atoms. The predicted octanol–water partition coefficient (Wildman–Crippen LogP) is 9.29. The highest BCUT2D eigenvalue weighted by Gasteiger charge is 2.46. The highest BCUT2D eigenvalue weighted by molar-refractivity contribution is 6.44. The standard InChI is InChI=1S/2C20H22Cl2F3N5O.C4H4O4/c2*1-29-9-5-12(6-10-29)30(2)19(31)28-18(20(23,24)25)14-4-3-13(16(21)17(14)22)15-11-26-7-8-27-15;5-3(6)1-2-4(7)8/h2*3-4,7-8,11-12,18H,5-6,9-10H2,1-2H3,(H,28,31);1-2H,(H,5,6)(H,7,8)/b;;2-1+/t2*18-;/m11./s1. The number of nitrogens with one attached hydrogen (secondary N) is 2. The molecule has 26 heteroatoms. The molecule has 70 heavy (non-hydrogen) atoms. The molecule has 2 aromatic heterocycles. The van der Waals surface area contributed by atoms with E-state index < -0.39 is 48.4 Å². The van der Waals surface area contributed by atoms with Crippen molar-refractivity contribution in [1.82, 2.24) is 50.2 Å². The maximum atomic E-state index is 13.9. The Bertz CT molecular complexity index is 2280. The number of rotatable bonds is 10. The Morgan fingerprint density at radius 2 is 0.943 bits per heavy atom. The van der Waals surface area contributed by atoms with Crippen molar-refractivity contribution in [2.45, 2.75) is 62.2 Å². The predicted molar refractivity (Wildman–Crippen MR) is 251 cm³/mol. The highest BCUT2D eigenvalue weighted by Crippen LogP contribution is 2.44. The molecule has 2 aliphatic heterocycles. The van der Waals surface area contributed by atoms with E-state index in [4.69, 9.17) is 56.6 Å². The molecular formula is C44H48Cl4F6N10O6. The Hall–Kier alpha value is -5.52. The van der Waals surface area contributed by atoms with E-state index in [2.05, 4.69) is 40.4 Å². The van der Waals surface area contributed by atoms with Gasteiger partial charge in [-0.15, -0.1) is 0 Å². The fourth-order valence-corrected chi connectivity index (χ4v) is 8.29. The first-order valence-corrected chi connectivity index (χ1v) is 22.5. The quantitative estimate of drug-likeness (QED) is 0.0869. The van der Waals surface area contributed by atoms with Crippen LogP contribution in [0.1, 0.15) is 48.9 Å². The van der Waals surface area contributed by atoms with Crippen molar-refractivity contribution in [1.29, 1.82) is 0 Å². The van der Waals surface area contributed by atoms with Crippen molar-refractivity contribution >= 4 is 70.4 Å². The van der Waals surface area contributed by atoms with Crippen molar-refractivity contribution in [2.75, 3.05) is 54.4 Å². The second-order valence-electron chi connectivity index (χ2n) is 16.0. The molecule has 2 fully saturated rings. The Morgan fingerprint density at radius 1 is 0.614 bits per heavy atom. The number of piperidine rings is 2.